The van der Waals surface area contributed by atoms with E-state index in [9.17, 15) is 4.79 Å². The molecular formula is C13H12BrIN2OS. The lowest BCUT2D eigenvalue weighted by Crippen LogP contribution is -2.41. The van der Waals surface area contributed by atoms with Gasteiger partial charge in [0.1, 0.15) is 5.01 Å². The van der Waals surface area contributed by atoms with Gasteiger partial charge >= 0.3 is 0 Å². The molecule has 100 valence electrons. The standard InChI is InChI=1S/C13H12BrIN2OS/c1-13(2,12-16-5-6-19-12)17-11(18)9-7-8(14)3-4-10(9)15/h3-7H,1-2H3,(H,17,18). The van der Waals surface area contributed by atoms with Crippen LogP contribution in [0.3, 0.4) is 0 Å². The van der Waals surface area contributed by atoms with Crippen molar-refractivity contribution >= 4 is 55.8 Å². The highest BCUT2D eigenvalue weighted by molar-refractivity contribution is 14.1. The van der Waals surface area contributed by atoms with Gasteiger partial charge in [0.25, 0.3) is 5.91 Å². The largest absolute Gasteiger partial charge is 0.341 e. The molecule has 1 N–H and O–H groups in total. The van der Waals surface area contributed by atoms with Gasteiger partial charge in [0, 0.05) is 19.6 Å². The Hall–Kier alpha value is -0.470. The molecule has 0 aliphatic carbocycles. The van der Waals surface area contributed by atoms with Crippen molar-refractivity contribution in [3.8, 4) is 0 Å². The molecule has 2 aromatic rings. The minimum atomic E-state index is -0.476. The first-order valence-electron chi connectivity index (χ1n) is 5.58. The van der Waals surface area contributed by atoms with Crippen molar-refractivity contribution in [3.63, 3.8) is 0 Å². The fourth-order valence-corrected chi connectivity index (χ4v) is 3.27. The first kappa shape index (κ1) is 14.9. The molecule has 0 unspecified atom stereocenters. The highest BCUT2D eigenvalue weighted by Crippen LogP contribution is 2.24. The average Bonchev–Trinajstić information content (AvgIpc) is 2.86. The molecule has 0 spiro atoms. The van der Waals surface area contributed by atoms with Crippen molar-refractivity contribution in [2.24, 2.45) is 0 Å². The van der Waals surface area contributed by atoms with Crippen molar-refractivity contribution in [2.75, 3.05) is 0 Å². The van der Waals surface area contributed by atoms with E-state index in [2.05, 4.69) is 48.8 Å². The van der Waals surface area contributed by atoms with E-state index in [1.807, 2.05) is 37.4 Å². The topological polar surface area (TPSA) is 42.0 Å². The number of carbonyl (C=O) groups excluding carboxylic acids is 1. The number of amides is 1. The van der Waals surface area contributed by atoms with E-state index in [-0.39, 0.29) is 5.91 Å². The van der Waals surface area contributed by atoms with E-state index in [0.717, 1.165) is 13.1 Å². The Morgan fingerprint density at radius 1 is 1.47 bits per heavy atom. The molecule has 3 nitrogen and oxygen atoms in total. The van der Waals surface area contributed by atoms with Crippen molar-refractivity contribution < 1.29 is 4.79 Å². The first-order valence-corrected chi connectivity index (χ1v) is 8.33. The Labute approximate surface area is 138 Å². The molecule has 6 heteroatoms. The van der Waals surface area contributed by atoms with Crippen LogP contribution in [0.25, 0.3) is 0 Å². The Bertz CT molecular complexity index is 599. The molecule has 0 saturated carbocycles. The summed E-state index contributed by atoms with van der Waals surface area (Å²) < 4.78 is 1.82. The van der Waals surface area contributed by atoms with Gasteiger partial charge in [0.15, 0.2) is 0 Å². The Kier molecular flexibility index (Phi) is 4.62. The summed E-state index contributed by atoms with van der Waals surface area (Å²) in [6, 6.07) is 5.66. The number of halogens is 2. The summed E-state index contributed by atoms with van der Waals surface area (Å²) in [5, 5.41) is 5.83. The van der Waals surface area contributed by atoms with Gasteiger partial charge in [-0.1, -0.05) is 15.9 Å². The molecule has 2 rings (SSSR count). The fraction of sp³-hybridized carbons (Fsp3) is 0.231. The van der Waals surface area contributed by atoms with Gasteiger partial charge in [-0.3, -0.25) is 4.79 Å². The minimum Gasteiger partial charge on any atom is -0.341 e. The summed E-state index contributed by atoms with van der Waals surface area (Å²) in [5.74, 6) is -0.0918. The highest BCUT2D eigenvalue weighted by atomic mass is 127. The van der Waals surface area contributed by atoms with E-state index in [1.165, 1.54) is 11.3 Å². The van der Waals surface area contributed by atoms with Gasteiger partial charge in [-0.15, -0.1) is 11.3 Å². The number of hydrogen-bond acceptors (Lipinski definition) is 3. The number of benzene rings is 1. The third kappa shape index (κ3) is 3.55. The molecule has 19 heavy (non-hydrogen) atoms. The predicted octanol–water partition coefficient (Wildman–Crippen LogP) is 4.18. The number of nitrogens with zero attached hydrogens (tertiary/aromatic N) is 1. The monoisotopic (exact) mass is 450 g/mol. The summed E-state index contributed by atoms with van der Waals surface area (Å²) >= 11 is 7.09. The van der Waals surface area contributed by atoms with Crippen LogP contribution >= 0.6 is 49.9 Å². The van der Waals surface area contributed by atoms with Crippen molar-refractivity contribution in [1.82, 2.24) is 10.3 Å². The maximum atomic E-state index is 12.4. The smallest absolute Gasteiger partial charge is 0.253 e. The zero-order valence-corrected chi connectivity index (χ0v) is 15.0. The number of hydrogen-bond donors (Lipinski definition) is 1. The molecule has 0 saturated heterocycles. The molecule has 0 aliphatic heterocycles. The number of nitrogens with one attached hydrogen (secondary N) is 1. The lowest BCUT2D eigenvalue weighted by Gasteiger charge is -2.24. The van der Waals surface area contributed by atoms with Gasteiger partial charge < -0.3 is 5.32 Å². The van der Waals surface area contributed by atoms with Gasteiger partial charge in [-0.05, 0) is 54.6 Å². The number of carbonyl (C=O) groups is 1. The Balaban J connectivity index is 2.24. The van der Waals surface area contributed by atoms with Crippen LogP contribution in [0, 0.1) is 3.57 Å². The lowest BCUT2D eigenvalue weighted by molar-refractivity contribution is 0.0911. The summed E-state index contributed by atoms with van der Waals surface area (Å²) in [5.41, 5.74) is 0.191. The third-order valence-corrected chi connectivity index (χ3v) is 5.10. The molecule has 0 bridgehead atoms. The zero-order chi connectivity index (χ0) is 14.0. The summed E-state index contributed by atoms with van der Waals surface area (Å²) in [7, 11) is 0. The Morgan fingerprint density at radius 3 is 2.84 bits per heavy atom. The highest BCUT2D eigenvalue weighted by Gasteiger charge is 2.26. The SMILES string of the molecule is CC(C)(NC(=O)c1cc(Br)ccc1I)c1nccs1. The quantitative estimate of drug-likeness (QED) is 0.713. The van der Waals surface area contributed by atoms with Gasteiger partial charge in [-0.2, -0.15) is 0 Å². The van der Waals surface area contributed by atoms with Crippen LogP contribution in [-0.4, -0.2) is 10.9 Å². The molecule has 1 aromatic carbocycles. The molecule has 0 aliphatic rings. The fourth-order valence-electron chi connectivity index (χ4n) is 1.61. The van der Waals surface area contributed by atoms with Gasteiger partial charge in [-0.25, -0.2) is 4.98 Å². The van der Waals surface area contributed by atoms with Crippen molar-refractivity contribution in [3.05, 3.63) is 48.4 Å². The minimum absolute atomic E-state index is 0.0918. The molecule has 0 fully saturated rings. The third-order valence-electron chi connectivity index (χ3n) is 2.57. The van der Waals surface area contributed by atoms with Crippen LogP contribution in [0.2, 0.25) is 0 Å². The molecule has 1 heterocycles. The van der Waals surface area contributed by atoms with E-state index < -0.39 is 5.54 Å². The maximum Gasteiger partial charge on any atom is 0.253 e. The van der Waals surface area contributed by atoms with Crippen LogP contribution in [0.5, 0.6) is 0 Å². The second-order valence-corrected chi connectivity index (χ2v) is 7.51. The number of thiazole rings is 1. The van der Waals surface area contributed by atoms with Gasteiger partial charge in [0.2, 0.25) is 0 Å². The van der Waals surface area contributed by atoms with Gasteiger partial charge in [0.05, 0.1) is 11.1 Å². The second-order valence-electron chi connectivity index (χ2n) is 4.54. The second kappa shape index (κ2) is 5.88. The van der Waals surface area contributed by atoms with E-state index >= 15 is 0 Å². The van der Waals surface area contributed by atoms with Crippen LogP contribution in [-0.2, 0) is 5.54 Å². The van der Waals surface area contributed by atoms with E-state index in [0.29, 0.717) is 5.56 Å². The normalized spacial score (nSPS) is 11.4. The average molecular weight is 451 g/mol. The molecule has 1 amide bonds. The molecule has 0 radical (unpaired) electrons. The van der Waals surface area contributed by atoms with Crippen LogP contribution in [0.1, 0.15) is 29.2 Å². The summed E-state index contributed by atoms with van der Waals surface area (Å²) in [6.45, 7) is 3.91. The maximum absolute atomic E-state index is 12.4. The summed E-state index contributed by atoms with van der Waals surface area (Å²) in [6.07, 6.45) is 1.75. The number of rotatable bonds is 3. The van der Waals surface area contributed by atoms with Crippen LogP contribution in [0.4, 0.5) is 0 Å². The zero-order valence-electron chi connectivity index (χ0n) is 10.4. The van der Waals surface area contributed by atoms with E-state index in [4.69, 9.17) is 0 Å². The van der Waals surface area contributed by atoms with Crippen molar-refractivity contribution in [2.45, 2.75) is 19.4 Å². The molecule has 0 atom stereocenters. The van der Waals surface area contributed by atoms with Crippen LogP contribution < -0.4 is 5.32 Å². The predicted molar refractivity (Wildman–Crippen MR) is 89.5 cm³/mol. The first-order chi connectivity index (χ1) is 8.90. The molecule has 1 aromatic heterocycles. The summed E-state index contributed by atoms with van der Waals surface area (Å²) in [4.78, 5) is 16.6. The molecular weight excluding hydrogens is 439 g/mol. The lowest BCUT2D eigenvalue weighted by atomic mass is 10.1. The Morgan fingerprint density at radius 2 is 2.21 bits per heavy atom. The number of aromatic nitrogens is 1. The van der Waals surface area contributed by atoms with Crippen molar-refractivity contribution in [1.29, 1.82) is 0 Å². The van der Waals surface area contributed by atoms with E-state index in [1.54, 1.807) is 6.20 Å². The van der Waals surface area contributed by atoms with Crippen LogP contribution in [0.15, 0.2) is 34.2 Å².